The van der Waals surface area contributed by atoms with Crippen LogP contribution in [0, 0.1) is 18.8 Å². The van der Waals surface area contributed by atoms with Gasteiger partial charge in [0.05, 0.1) is 13.2 Å². The van der Waals surface area contributed by atoms with Crippen LogP contribution in [0.5, 0.6) is 0 Å². The van der Waals surface area contributed by atoms with E-state index in [1.165, 1.54) is 22.3 Å². The molecule has 4 nitrogen and oxygen atoms in total. The number of aryl methyl sites for hydroxylation is 1. The van der Waals surface area contributed by atoms with Crippen LogP contribution in [0.3, 0.4) is 0 Å². The fourth-order valence-corrected chi connectivity index (χ4v) is 5.17. The minimum absolute atomic E-state index is 0.316. The van der Waals surface area contributed by atoms with E-state index in [2.05, 4.69) is 90.1 Å². The Kier molecular flexibility index (Phi) is 17.0. The van der Waals surface area contributed by atoms with Crippen molar-refractivity contribution in [1.29, 1.82) is 0 Å². The van der Waals surface area contributed by atoms with E-state index >= 15 is 0 Å². The number of phosphoric ester groups is 1. The molecule has 0 radical (unpaired) electrons. The van der Waals surface area contributed by atoms with Crippen molar-refractivity contribution >= 4 is 7.82 Å². The lowest BCUT2D eigenvalue weighted by molar-refractivity contribution is 0.110. The molecular formula is C31H51O4P. The summed E-state index contributed by atoms with van der Waals surface area (Å²) in [4.78, 5) is 9.77. The second kappa shape index (κ2) is 18.7. The maximum Gasteiger partial charge on any atom is 0.472 e. The fourth-order valence-electron chi connectivity index (χ4n) is 4.29. The first-order valence-corrected chi connectivity index (χ1v) is 15.6. The molecule has 2 atom stereocenters. The zero-order valence-electron chi connectivity index (χ0n) is 23.7. The zero-order chi connectivity index (χ0) is 26.8. The SMILES string of the molecule is CCCCC(CC)COP(=O)(O)OCC(CC)CCCC.CCc1c(C)cccc1-c1ccccc1. The van der Waals surface area contributed by atoms with Gasteiger partial charge in [0.2, 0.25) is 0 Å². The van der Waals surface area contributed by atoms with Gasteiger partial charge in [-0.25, -0.2) is 4.57 Å². The number of phosphoric acid groups is 1. The molecule has 0 amide bonds. The van der Waals surface area contributed by atoms with Gasteiger partial charge in [-0.2, -0.15) is 0 Å². The molecule has 0 heterocycles. The Morgan fingerprint density at radius 3 is 1.75 bits per heavy atom. The van der Waals surface area contributed by atoms with E-state index in [0.29, 0.717) is 25.0 Å². The van der Waals surface area contributed by atoms with Crippen LogP contribution in [0.4, 0.5) is 0 Å². The van der Waals surface area contributed by atoms with Crippen molar-refractivity contribution in [1.82, 2.24) is 0 Å². The minimum Gasteiger partial charge on any atom is -0.302 e. The quantitative estimate of drug-likeness (QED) is 0.225. The van der Waals surface area contributed by atoms with E-state index in [9.17, 15) is 9.46 Å². The molecule has 2 aromatic carbocycles. The van der Waals surface area contributed by atoms with Gasteiger partial charge in [-0.15, -0.1) is 0 Å². The van der Waals surface area contributed by atoms with Crippen molar-refractivity contribution in [3.05, 3.63) is 59.7 Å². The van der Waals surface area contributed by atoms with Crippen LogP contribution in [0.25, 0.3) is 11.1 Å². The topological polar surface area (TPSA) is 55.8 Å². The molecule has 0 spiro atoms. The zero-order valence-corrected chi connectivity index (χ0v) is 24.6. The Labute approximate surface area is 221 Å². The van der Waals surface area contributed by atoms with Gasteiger partial charge in [0, 0.05) is 0 Å². The highest BCUT2D eigenvalue weighted by atomic mass is 31.2. The Bertz CT molecular complexity index is 844. The number of unbranched alkanes of at least 4 members (excludes halogenated alkanes) is 2. The van der Waals surface area contributed by atoms with E-state index in [0.717, 1.165) is 57.8 Å². The third-order valence-electron chi connectivity index (χ3n) is 6.88. The highest BCUT2D eigenvalue weighted by Gasteiger charge is 2.24. The highest BCUT2D eigenvalue weighted by molar-refractivity contribution is 7.47. The molecule has 0 aliphatic carbocycles. The second-order valence-electron chi connectivity index (χ2n) is 9.71. The maximum absolute atomic E-state index is 11.9. The van der Waals surface area contributed by atoms with Crippen LogP contribution in [-0.2, 0) is 20.0 Å². The molecule has 0 aromatic heterocycles. The van der Waals surface area contributed by atoms with Gasteiger partial charge in [0.1, 0.15) is 0 Å². The average Bonchev–Trinajstić information content (AvgIpc) is 2.89. The summed E-state index contributed by atoms with van der Waals surface area (Å²) in [6.07, 6.45) is 9.65. The summed E-state index contributed by atoms with van der Waals surface area (Å²) in [5, 5.41) is 0. The van der Waals surface area contributed by atoms with E-state index in [4.69, 9.17) is 9.05 Å². The minimum atomic E-state index is -3.89. The molecule has 0 bridgehead atoms. The van der Waals surface area contributed by atoms with Crippen LogP contribution >= 0.6 is 7.82 Å². The third kappa shape index (κ3) is 12.7. The predicted molar refractivity (Wildman–Crippen MR) is 154 cm³/mol. The smallest absolute Gasteiger partial charge is 0.302 e. The van der Waals surface area contributed by atoms with Gasteiger partial charge in [-0.1, -0.05) is 122 Å². The van der Waals surface area contributed by atoms with Crippen molar-refractivity contribution in [2.45, 2.75) is 99.3 Å². The standard InChI is InChI=1S/C16H35O4P.C15H16/c1-5-9-11-15(7-3)13-19-21(17,18)20-14-16(8-4)12-10-6-2;1-3-14-12(2)8-7-11-15(14)13-9-5-4-6-10-13/h15-16H,5-14H2,1-4H3,(H,17,18);4-11H,3H2,1-2H3. The molecule has 0 aliphatic rings. The molecule has 2 rings (SSSR count). The van der Waals surface area contributed by atoms with Crippen molar-refractivity contribution in [2.24, 2.45) is 11.8 Å². The van der Waals surface area contributed by atoms with Crippen LogP contribution in [0.2, 0.25) is 0 Å². The lowest BCUT2D eigenvalue weighted by Crippen LogP contribution is -2.12. The summed E-state index contributed by atoms with van der Waals surface area (Å²) in [5.41, 5.74) is 5.54. The maximum atomic E-state index is 11.9. The summed E-state index contributed by atoms with van der Waals surface area (Å²) < 4.78 is 22.2. The molecular weight excluding hydrogens is 467 g/mol. The molecule has 0 aliphatic heterocycles. The van der Waals surface area contributed by atoms with Crippen LogP contribution < -0.4 is 0 Å². The lowest BCUT2D eigenvalue weighted by atomic mass is 9.94. The number of hydrogen-bond donors (Lipinski definition) is 1. The Hall–Kier alpha value is -1.45. The van der Waals surface area contributed by atoms with Gasteiger partial charge in [-0.3, -0.25) is 9.05 Å². The molecule has 204 valence electrons. The highest BCUT2D eigenvalue weighted by Crippen LogP contribution is 2.44. The summed E-state index contributed by atoms with van der Waals surface area (Å²) in [6, 6.07) is 17.1. The lowest BCUT2D eigenvalue weighted by Gasteiger charge is -2.20. The summed E-state index contributed by atoms with van der Waals surface area (Å²) in [6.45, 7) is 13.5. The average molecular weight is 519 g/mol. The Balaban J connectivity index is 0.000000377. The molecule has 0 saturated carbocycles. The monoisotopic (exact) mass is 518 g/mol. The van der Waals surface area contributed by atoms with E-state index < -0.39 is 7.82 Å². The number of benzene rings is 2. The van der Waals surface area contributed by atoms with Gasteiger partial charge < -0.3 is 4.89 Å². The fraction of sp³-hybridized carbons (Fsp3) is 0.613. The van der Waals surface area contributed by atoms with Crippen molar-refractivity contribution < 1.29 is 18.5 Å². The number of hydrogen-bond acceptors (Lipinski definition) is 3. The van der Waals surface area contributed by atoms with Gasteiger partial charge >= 0.3 is 7.82 Å². The molecule has 0 fully saturated rings. The summed E-state index contributed by atoms with van der Waals surface area (Å²) in [7, 11) is -3.89. The largest absolute Gasteiger partial charge is 0.472 e. The molecule has 0 saturated heterocycles. The second-order valence-corrected chi connectivity index (χ2v) is 11.2. The summed E-state index contributed by atoms with van der Waals surface area (Å²) >= 11 is 0. The van der Waals surface area contributed by atoms with Crippen LogP contribution in [0.15, 0.2) is 48.5 Å². The molecule has 1 N–H and O–H groups in total. The summed E-state index contributed by atoms with van der Waals surface area (Å²) in [5.74, 6) is 0.687. The normalized spacial score (nSPS) is 14.4. The van der Waals surface area contributed by atoms with Gasteiger partial charge in [-0.05, 0) is 60.3 Å². The molecule has 5 heteroatoms. The first kappa shape index (κ1) is 32.6. The van der Waals surface area contributed by atoms with E-state index in [-0.39, 0.29) is 0 Å². The third-order valence-corrected chi connectivity index (χ3v) is 7.83. The first-order chi connectivity index (χ1) is 17.3. The Morgan fingerprint density at radius 2 is 1.31 bits per heavy atom. The molecule has 36 heavy (non-hydrogen) atoms. The van der Waals surface area contributed by atoms with Crippen LogP contribution in [0.1, 0.15) is 97.1 Å². The molecule has 2 unspecified atom stereocenters. The Morgan fingerprint density at radius 1 is 0.778 bits per heavy atom. The van der Waals surface area contributed by atoms with E-state index in [1.807, 2.05) is 0 Å². The van der Waals surface area contributed by atoms with Crippen molar-refractivity contribution in [3.8, 4) is 11.1 Å². The first-order valence-electron chi connectivity index (χ1n) is 14.1. The van der Waals surface area contributed by atoms with Gasteiger partial charge in [0.25, 0.3) is 0 Å². The number of rotatable bonds is 16. The van der Waals surface area contributed by atoms with Crippen molar-refractivity contribution in [3.63, 3.8) is 0 Å². The predicted octanol–water partition coefficient (Wildman–Crippen LogP) is 9.78. The molecule has 2 aromatic rings. The van der Waals surface area contributed by atoms with Gasteiger partial charge in [0.15, 0.2) is 0 Å². The van der Waals surface area contributed by atoms with Crippen LogP contribution in [-0.4, -0.2) is 18.1 Å². The van der Waals surface area contributed by atoms with E-state index in [1.54, 1.807) is 0 Å². The van der Waals surface area contributed by atoms with Crippen molar-refractivity contribution in [2.75, 3.05) is 13.2 Å².